The molecule has 0 atom stereocenters. The van der Waals surface area contributed by atoms with Crippen molar-refractivity contribution in [3.63, 3.8) is 0 Å². The predicted octanol–water partition coefficient (Wildman–Crippen LogP) is 3.48. The molecule has 0 bridgehead atoms. The maximum absolute atomic E-state index is 14.0. The molecule has 136 valence electrons. The van der Waals surface area contributed by atoms with Gasteiger partial charge in [-0.05, 0) is 30.4 Å². The van der Waals surface area contributed by atoms with E-state index in [9.17, 15) is 9.18 Å². The Balaban J connectivity index is 1.94. The van der Waals surface area contributed by atoms with Crippen molar-refractivity contribution in [1.82, 2.24) is 0 Å². The Hall–Kier alpha value is -3.22. The van der Waals surface area contributed by atoms with Crippen LogP contribution in [0.2, 0.25) is 0 Å². The molecular formula is C19H17FO6. The lowest BCUT2D eigenvalue weighted by molar-refractivity contribution is 0.104. The molecule has 1 heterocycles. The standard InChI is InChI=1S/C19H17FO6/c1-22-12-5-6-13(14(20)9-12)15(21)7-4-11-8-16-18(26-10-25-16)19(24-3)17(11)23-2/h4-9H,10H2,1-3H3/b7-4+. The zero-order valence-electron chi connectivity index (χ0n) is 14.5. The summed E-state index contributed by atoms with van der Waals surface area (Å²) < 4.78 is 40.4. The predicted molar refractivity (Wildman–Crippen MR) is 92.0 cm³/mol. The van der Waals surface area contributed by atoms with Gasteiger partial charge in [-0.3, -0.25) is 4.79 Å². The summed E-state index contributed by atoms with van der Waals surface area (Å²) in [6.45, 7) is 0.0675. The van der Waals surface area contributed by atoms with E-state index in [0.29, 0.717) is 34.3 Å². The van der Waals surface area contributed by atoms with Gasteiger partial charge in [0, 0.05) is 11.6 Å². The lowest BCUT2D eigenvalue weighted by atomic mass is 10.1. The fourth-order valence-corrected chi connectivity index (χ4v) is 2.61. The highest BCUT2D eigenvalue weighted by Gasteiger charge is 2.25. The summed E-state index contributed by atoms with van der Waals surface area (Å²) in [4.78, 5) is 12.3. The van der Waals surface area contributed by atoms with Crippen molar-refractivity contribution in [2.45, 2.75) is 0 Å². The second-order valence-corrected chi connectivity index (χ2v) is 5.31. The molecule has 7 heteroatoms. The quantitative estimate of drug-likeness (QED) is 0.581. The van der Waals surface area contributed by atoms with Crippen LogP contribution in [0.25, 0.3) is 6.08 Å². The summed E-state index contributed by atoms with van der Waals surface area (Å²) in [7, 11) is 4.38. The summed E-state index contributed by atoms with van der Waals surface area (Å²) in [5, 5.41) is 0. The number of methoxy groups -OCH3 is 3. The highest BCUT2D eigenvalue weighted by atomic mass is 19.1. The van der Waals surface area contributed by atoms with Gasteiger partial charge in [-0.15, -0.1) is 0 Å². The summed E-state index contributed by atoms with van der Waals surface area (Å²) >= 11 is 0. The van der Waals surface area contributed by atoms with Crippen molar-refractivity contribution in [2.75, 3.05) is 28.1 Å². The molecule has 0 saturated carbocycles. The van der Waals surface area contributed by atoms with E-state index in [1.807, 2.05) is 0 Å². The van der Waals surface area contributed by atoms with Gasteiger partial charge in [0.15, 0.2) is 17.3 Å². The molecule has 1 aliphatic heterocycles. The number of carbonyl (C=O) groups is 1. The molecular weight excluding hydrogens is 343 g/mol. The second-order valence-electron chi connectivity index (χ2n) is 5.31. The van der Waals surface area contributed by atoms with Gasteiger partial charge < -0.3 is 23.7 Å². The molecule has 0 fully saturated rings. The summed E-state index contributed by atoms with van der Waals surface area (Å²) in [6.07, 6.45) is 2.76. The highest BCUT2D eigenvalue weighted by Crippen LogP contribution is 2.49. The minimum Gasteiger partial charge on any atom is -0.497 e. The van der Waals surface area contributed by atoms with Crippen LogP contribution < -0.4 is 23.7 Å². The first-order valence-electron chi connectivity index (χ1n) is 7.69. The number of rotatable bonds is 6. The molecule has 0 aliphatic carbocycles. The topological polar surface area (TPSA) is 63.2 Å². The van der Waals surface area contributed by atoms with Crippen LogP contribution in [0.5, 0.6) is 28.7 Å². The van der Waals surface area contributed by atoms with Crippen molar-refractivity contribution in [2.24, 2.45) is 0 Å². The first kappa shape index (κ1) is 17.6. The Morgan fingerprint density at radius 2 is 1.85 bits per heavy atom. The van der Waals surface area contributed by atoms with Crippen molar-refractivity contribution < 1.29 is 32.9 Å². The van der Waals surface area contributed by atoms with Crippen molar-refractivity contribution in [1.29, 1.82) is 0 Å². The number of ketones is 1. The minimum atomic E-state index is -0.658. The lowest BCUT2D eigenvalue weighted by Crippen LogP contribution is -2.00. The Kier molecular flexibility index (Phi) is 4.97. The summed E-state index contributed by atoms with van der Waals surface area (Å²) in [5.41, 5.74) is 0.476. The Bertz CT molecular complexity index is 875. The zero-order valence-corrected chi connectivity index (χ0v) is 14.5. The van der Waals surface area contributed by atoms with Gasteiger partial charge in [-0.25, -0.2) is 4.39 Å². The molecule has 3 rings (SSSR count). The van der Waals surface area contributed by atoms with Crippen LogP contribution in [0.15, 0.2) is 30.3 Å². The molecule has 0 saturated heterocycles. The van der Waals surface area contributed by atoms with Crippen LogP contribution >= 0.6 is 0 Å². The summed E-state index contributed by atoms with van der Waals surface area (Å²) in [5.74, 6) is 0.851. The number of allylic oxidation sites excluding steroid dienone is 1. The smallest absolute Gasteiger partial charge is 0.231 e. The fourth-order valence-electron chi connectivity index (χ4n) is 2.61. The van der Waals surface area contributed by atoms with E-state index in [1.165, 1.54) is 45.6 Å². The molecule has 1 aliphatic rings. The number of hydrogen-bond donors (Lipinski definition) is 0. The van der Waals surface area contributed by atoms with Crippen LogP contribution in [0.3, 0.4) is 0 Å². The SMILES string of the molecule is COc1ccc(C(=O)/C=C/c2cc3c(c(OC)c2OC)OCO3)c(F)c1. The Morgan fingerprint density at radius 1 is 1.08 bits per heavy atom. The van der Waals surface area contributed by atoms with Gasteiger partial charge in [0.25, 0.3) is 0 Å². The zero-order chi connectivity index (χ0) is 18.7. The third-order valence-corrected chi connectivity index (χ3v) is 3.87. The van der Waals surface area contributed by atoms with E-state index in [1.54, 1.807) is 6.07 Å². The molecule has 0 spiro atoms. The van der Waals surface area contributed by atoms with E-state index in [2.05, 4.69) is 0 Å². The van der Waals surface area contributed by atoms with E-state index in [4.69, 9.17) is 23.7 Å². The highest BCUT2D eigenvalue weighted by molar-refractivity contribution is 6.07. The van der Waals surface area contributed by atoms with Crippen LogP contribution in [-0.2, 0) is 0 Å². The molecule has 2 aromatic rings. The maximum Gasteiger partial charge on any atom is 0.231 e. The molecule has 0 unspecified atom stereocenters. The van der Waals surface area contributed by atoms with Gasteiger partial charge in [0.05, 0.1) is 26.9 Å². The van der Waals surface area contributed by atoms with Gasteiger partial charge in [-0.2, -0.15) is 0 Å². The third-order valence-electron chi connectivity index (χ3n) is 3.87. The number of halogens is 1. The molecule has 0 radical (unpaired) electrons. The van der Waals surface area contributed by atoms with Gasteiger partial charge in [-0.1, -0.05) is 0 Å². The van der Waals surface area contributed by atoms with Crippen LogP contribution in [0.1, 0.15) is 15.9 Å². The lowest BCUT2D eigenvalue weighted by Gasteiger charge is -2.12. The van der Waals surface area contributed by atoms with Crippen LogP contribution in [0.4, 0.5) is 4.39 Å². The third kappa shape index (κ3) is 3.15. The van der Waals surface area contributed by atoms with Crippen LogP contribution in [0, 0.1) is 5.82 Å². The van der Waals surface area contributed by atoms with Gasteiger partial charge in [0.2, 0.25) is 18.3 Å². The van der Waals surface area contributed by atoms with E-state index >= 15 is 0 Å². The molecule has 0 N–H and O–H groups in total. The van der Waals surface area contributed by atoms with E-state index in [-0.39, 0.29) is 12.4 Å². The molecule has 2 aromatic carbocycles. The molecule has 0 aromatic heterocycles. The normalized spacial score (nSPS) is 12.3. The average molecular weight is 360 g/mol. The van der Waals surface area contributed by atoms with E-state index < -0.39 is 11.6 Å². The average Bonchev–Trinajstić information content (AvgIpc) is 3.12. The number of ether oxygens (including phenoxy) is 5. The van der Waals surface area contributed by atoms with Crippen LogP contribution in [-0.4, -0.2) is 33.9 Å². The molecule has 26 heavy (non-hydrogen) atoms. The number of benzene rings is 2. The van der Waals surface area contributed by atoms with Crippen molar-refractivity contribution in [3.8, 4) is 28.7 Å². The maximum atomic E-state index is 14.0. The molecule has 6 nitrogen and oxygen atoms in total. The monoisotopic (exact) mass is 360 g/mol. The number of hydrogen-bond acceptors (Lipinski definition) is 6. The van der Waals surface area contributed by atoms with Gasteiger partial charge >= 0.3 is 0 Å². The van der Waals surface area contributed by atoms with Gasteiger partial charge in [0.1, 0.15) is 11.6 Å². The Morgan fingerprint density at radius 3 is 2.50 bits per heavy atom. The van der Waals surface area contributed by atoms with Crippen molar-refractivity contribution >= 4 is 11.9 Å². The first-order chi connectivity index (χ1) is 12.6. The summed E-state index contributed by atoms with van der Waals surface area (Å²) in [6, 6.07) is 5.72. The largest absolute Gasteiger partial charge is 0.497 e. The van der Waals surface area contributed by atoms with Crippen molar-refractivity contribution in [3.05, 3.63) is 47.3 Å². The first-order valence-corrected chi connectivity index (χ1v) is 7.69. The second kappa shape index (κ2) is 7.35. The Labute approximate surface area is 149 Å². The molecule has 0 amide bonds. The fraction of sp³-hybridized carbons (Fsp3) is 0.211. The number of fused-ring (bicyclic) bond motifs is 1. The van der Waals surface area contributed by atoms with E-state index in [0.717, 1.165) is 6.07 Å². The minimum absolute atomic E-state index is 0.0614. The number of carbonyl (C=O) groups excluding carboxylic acids is 1.